The van der Waals surface area contributed by atoms with Crippen LogP contribution in [0.1, 0.15) is 0 Å². The third-order valence-corrected chi connectivity index (χ3v) is 2.87. The molecule has 18 heavy (non-hydrogen) atoms. The van der Waals surface area contributed by atoms with Crippen LogP contribution < -0.4 is 0 Å². The minimum Gasteiger partial charge on any atom is -0.275 e. The standard InChI is InChI=1S/C15H13N3/c1-18-11-14(12-7-9-16-10-8-12)15(17-18)13-5-3-2-4-6-13/h2-11H,1H3. The summed E-state index contributed by atoms with van der Waals surface area (Å²) in [6.07, 6.45) is 5.64. The van der Waals surface area contributed by atoms with Crippen LogP contribution >= 0.6 is 0 Å². The Morgan fingerprint density at radius 2 is 1.61 bits per heavy atom. The first kappa shape index (κ1) is 10.7. The molecule has 3 aromatic rings. The van der Waals surface area contributed by atoms with Crippen LogP contribution in [-0.2, 0) is 7.05 Å². The number of hydrogen-bond acceptors (Lipinski definition) is 2. The second-order valence-electron chi connectivity index (χ2n) is 4.17. The van der Waals surface area contributed by atoms with Gasteiger partial charge in [0.2, 0.25) is 0 Å². The van der Waals surface area contributed by atoms with E-state index in [1.807, 2.05) is 48.3 Å². The van der Waals surface area contributed by atoms with E-state index in [2.05, 4.69) is 22.2 Å². The second-order valence-corrected chi connectivity index (χ2v) is 4.17. The lowest BCUT2D eigenvalue weighted by Gasteiger charge is -2.01. The van der Waals surface area contributed by atoms with Crippen LogP contribution in [-0.4, -0.2) is 14.8 Å². The summed E-state index contributed by atoms with van der Waals surface area (Å²) in [4.78, 5) is 4.05. The summed E-state index contributed by atoms with van der Waals surface area (Å²) in [5.74, 6) is 0. The summed E-state index contributed by atoms with van der Waals surface area (Å²) in [5.41, 5.74) is 4.40. The van der Waals surface area contributed by atoms with Gasteiger partial charge in [0.15, 0.2) is 0 Å². The number of pyridine rings is 1. The Morgan fingerprint density at radius 3 is 2.33 bits per heavy atom. The lowest BCUT2D eigenvalue weighted by Crippen LogP contribution is -1.87. The zero-order valence-electron chi connectivity index (χ0n) is 10.1. The molecule has 0 radical (unpaired) electrons. The third kappa shape index (κ3) is 1.91. The molecule has 1 aromatic carbocycles. The Kier molecular flexibility index (Phi) is 2.65. The molecule has 0 aliphatic carbocycles. The summed E-state index contributed by atoms with van der Waals surface area (Å²) in [7, 11) is 1.94. The molecule has 0 N–H and O–H groups in total. The van der Waals surface area contributed by atoms with Gasteiger partial charge in [0.1, 0.15) is 5.69 Å². The van der Waals surface area contributed by atoms with Gasteiger partial charge in [-0.1, -0.05) is 30.3 Å². The van der Waals surface area contributed by atoms with Crippen molar-refractivity contribution in [2.24, 2.45) is 7.05 Å². The van der Waals surface area contributed by atoms with Crippen molar-refractivity contribution in [3.8, 4) is 22.4 Å². The Hall–Kier alpha value is -2.42. The molecule has 3 nitrogen and oxygen atoms in total. The molecule has 0 amide bonds. The molecule has 0 saturated heterocycles. The molecule has 0 fully saturated rings. The SMILES string of the molecule is Cn1cc(-c2ccncc2)c(-c2ccccc2)n1. The highest BCUT2D eigenvalue weighted by atomic mass is 15.2. The summed E-state index contributed by atoms with van der Waals surface area (Å²) in [6, 6.07) is 14.2. The van der Waals surface area contributed by atoms with Crippen LogP contribution in [0.3, 0.4) is 0 Å². The zero-order chi connectivity index (χ0) is 12.4. The molecular weight excluding hydrogens is 222 g/mol. The fraction of sp³-hybridized carbons (Fsp3) is 0.0667. The van der Waals surface area contributed by atoms with Crippen molar-refractivity contribution in [3.63, 3.8) is 0 Å². The predicted octanol–water partition coefficient (Wildman–Crippen LogP) is 3.15. The van der Waals surface area contributed by atoms with E-state index < -0.39 is 0 Å². The average molecular weight is 235 g/mol. The smallest absolute Gasteiger partial charge is 0.100 e. The van der Waals surface area contributed by atoms with Gasteiger partial charge >= 0.3 is 0 Å². The summed E-state index contributed by atoms with van der Waals surface area (Å²) >= 11 is 0. The van der Waals surface area contributed by atoms with Crippen molar-refractivity contribution >= 4 is 0 Å². The van der Waals surface area contributed by atoms with Gasteiger partial charge in [0.25, 0.3) is 0 Å². The second kappa shape index (κ2) is 4.45. The maximum atomic E-state index is 4.55. The highest BCUT2D eigenvalue weighted by molar-refractivity contribution is 5.80. The maximum Gasteiger partial charge on any atom is 0.100 e. The van der Waals surface area contributed by atoms with Crippen molar-refractivity contribution in [3.05, 3.63) is 61.1 Å². The summed E-state index contributed by atoms with van der Waals surface area (Å²) in [6.45, 7) is 0. The maximum absolute atomic E-state index is 4.55. The number of aryl methyl sites for hydroxylation is 1. The molecule has 3 heteroatoms. The highest BCUT2D eigenvalue weighted by Crippen LogP contribution is 2.29. The van der Waals surface area contributed by atoms with E-state index in [9.17, 15) is 0 Å². The van der Waals surface area contributed by atoms with Crippen LogP contribution in [0.5, 0.6) is 0 Å². The van der Waals surface area contributed by atoms with E-state index in [4.69, 9.17) is 0 Å². The van der Waals surface area contributed by atoms with Gasteiger partial charge in [-0.25, -0.2) is 0 Å². The molecule has 0 atom stereocenters. The molecule has 0 spiro atoms. The molecule has 2 aromatic heterocycles. The van der Waals surface area contributed by atoms with Crippen LogP contribution in [0.2, 0.25) is 0 Å². The molecule has 3 rings (SSSR count). The Bertz CT molecular complexity index is 585. The zero-order valence-corrected chi connectivity index (χ0v) is 10.1. The van der Waals surface area contributed by atoms with E-state index in [0.29, 0.717) is 0 Å². The third-order valence-electron chi connectivity index (χ3n) is 2.87. The number of benzene rings is 1. The molecule has 0 aliphatic heterocycles. The molecule has 0 saturated carbocycles. The van der Waals surface area contributed by atoms with Crippen molar-refractivity contribution < 1.29 is 0 Å². The van der Waals surface area contributed by atoms with Gasteiger partial charge < -0.3 is 0 Å². The van der Waals surface area contributed by atoms with E-state index in [-0.39, 0.29) is 0 Å². The molecular formula is C15H13N3. The lowest BCUT2D eigenvalue weighted by molar-refractivity contribution is 0.771. The molecule has 0 aliphatic rings. The monoisotopic (exact) mass is 235 g/mol. The predicted molar refractivity (Wildman–Crippen MR) is 71.9 cm³/mol. The van der Waals surface area contributed by atoms with Crippen molar-refractivity contribution in [1.82, 2.24) is 14.8 Å². The highest BCUT2D eigenvalue weighted by Gasteiger charge is 2.11. The largest absolute Gasteiger partial charge is 0.275 e. The van der Waals surface area contributed by atoms with Crippen LogP contribution in [0.15, 0.2) is 61.1 Å². The van der Waals surface area contributed by atoms with Crippen LogP contribution in [0.25, 0.3) is 22.4 Å². The quantitative estimate of drug-likeness (QED) is 0.683. The number of nitrogens with zero attached hydrogens (tertiary/aromatic N) is 3. The van der Waals surface area contributed by atoms with Gasteiger partial charge in [-0.05, 0) is 17.7 Å². The number of rotatable bonds is 2. The Morgan fingerprint density at radius 1 is 0.889 bits per heavy atom. The van der Waals surface area contributed by atoms with Gasteiger partial charge in [0, 0.05) is 36.8 Å². The van der Waals surface area contributed by atoms with E-state index in [1.54, 1.807) is 12.4 Å². The lowest BCUT2D eigenvalue weighted by atomic mass is 10.0. The molecule has 2 heterocycles. The fourth-order valence-electron chi connectivity index (χ4n) is 2.04. The number of aromatic nitrogens is 3. The van der Waals surface area contributed by atoms with Gasteiger partial charge in [-0.3, -0.25) is 9.67 Å². The minimum atomic E-state index is 1.00. The van der Waals surface area contributed by atoms with E-state index in [0.717, 1.165) is 22.4 Å². The fourth-order valence-corrected chi connectivity index (χ4v) is 2.04. The van der Waals surface area contributed by atoms with Gasteiger partial charge in [-0.15, -0.1) is 0 Å². The Balaban J connectivity index is 2.17. The van der Waals surface area contributed by atoms with E-state index >= 15 is 0 Å². The van der Waals surface area contributed by atoms with E-state index in [1.165, 1.54) is 0 Å². The number of hydrogen-bond donors (Lipinski definition) is 0. The van der Waals surface area contributed by atoms with Gasteiger partial charge in [-0.2, -0.15) is 5.10 Å². The molecule has 0 unspecified atom stereocenters. The molecule has 88 valence electrons. The van der Waals surface area contributed by atoms with Crippen LogP contribution in [0, 0.1) is 0 Å². The topological polar surface area (TPSA) is 30.7 Å². The summed E-state index contributed by atoms with van der Waals surface area (Å²) in [5, 5.41) is 4.55. The molecule has 0 bridgehead atoms. The van der Waals surface area contributed by atoms with Crippen LogP contribution in [0.4, 0.5) is 0 Å². The first-order valence-electron chi connectivity index (χ1n) is 5.84. The first-order valence-corrected chi connectivity index (χ1v) is 5.84. The Labute approximate surface area is 106 Å². The van der Waals surface area contributed by atoms with Crippen molar-refractivity contribution in [2.75, 3.05) is 0 Å². The summed E-state index contributed by atoms with van der Waals surface area (Å²) < 4.78 is 1.85. The first-order chi connectivity index (χ1) is 8.84. The minimum absolute atomic E-state index is 1.00. The average Bonchev–Trinajstić information content (AvgIpc) is 2.83. The van der Waals surface area contributed by atoms with Crippen molar-refractivity contribution in [2.45, 2.75) is 0 Å². The van der Waals surface area contributed by atoms with Gasteiger partial charge in [0.05, 0.1) is 0 Å². The van der Waals surface area contributed by atoms with Crippen molar-refractivity contribution in [1.29, 1.82) is 0 Å². The normalized spacial score (nSPS) is 10.5.